The number of ether oxygens (including phenoxy) is 1. The van der Waals surface area contributed by atoms with Crippen molar-refractivity contribution in [1.82, 2.24) is 10.3 Å². The van der Waals surface area contributed by atoms with Crippen LogP contribution in [0.3, 0.4) is 0 Å². The fourth-order valence-electron chi connectivity index (χ4n) is 2.62. The quantitative estimate of drug-likeness (QED) is 0.891. The van der Waals surface area contributed by atoms with Gasteiger partial charge in [-0.25, -0.2) is 0 Å². The summed E-state index contributed by atoms with van der Waals surface area (Å²) in [6, 6.07) is 11.2. The minimum Gasteiger partial charge on any atom is -0.489 e. The van der Waals surface area contributed by atoms with Gasteiger partial charge in [0.15, 0.2) is 0 Å². The Morgan fingerprint density at radius 2 is 2.26 bits per heavy atom. The number of piperidine rings is 1. The van der Waals surface area contributed by atoms with Crippen LogP contribution in [0.1, 0.15) is 24.8 Å². The molecule has 1 aliphatic rings. The van der Waals surface area contributed by atoms with Crippen LogP contribution in [0.2, 0.25) is 0 Å². The van der Waals surface area contributed by atoms with Gasteiger partial charge in [-0.15, -0.1) is 0 Å². The molecular weight excluding hydrogens is 290 g/mol. The normalized spacial score (nSPS) is 17.5. The van der Waals surface area contributed by atoms with Crippen molar-refractivity contribution in [3.63, 3.8) is 0 Å². The topological polar surface area (TPSA) is 63.2 Å². The van der Waals surface area contributed by atoms with Crippen LogP contribution < -0.4 is 15.4 Å². The summed E-state index contributed by atoms with van der Waals surface area (Å²) in [5.41, 5.74) is 1.76. The van der Waals surface area contributed by atoms with Gasteiger partial charge in [0.2, 0.25) is 5.91 Å². The standard InChI is InChI=1S/C18H21N3O2/c22-18(17-8-1-2-10-20-17)21-15-6-3-7-16(11-15)23-13-14-5-4-9-19-12-14/h3-7,9,11-12,17,20H,1-2,8,10,13H2,(H,21,22)/t17-/m1/s1. The molecule has 2 aromatic rings. The van der Waals surface area contributed by atoms with Gasteiger partial charge in [-0.1, -0.05) is 18.6 Å². The first kappa shape index (κ1) is 15.5. The smallest absolute Gasteiger partial charge is 0.241 e. The van der Waals surface area contributed by atoms with E-state index in [4.69, 9.17) is 4.74 Å². The van der Waals surface area contributed by atoms with Gasteiger partial charge >= 0.3 is 0 Å². The molecule has 1 aromatic heterocycles. The molecule has 5 heteroatoms. The lowest BCUT2D eigenvalue weighted by atomic mass is 10.0. The minimum absolute atomic E-state index is 0.0223. The predicted molar refractivity (Wildman–Crippen MR) is 89.3 cm³/mol. The second kappa shape index (κ2) is 7.74. The molecule has 1 atom stereocenters. The Balaban J connectivity index is 1.57. The maximum absolute atomic E-state index is 12.2. The molecule has 1 aromatic carbocycles. The van der Waals surface area contributed by atoms with Crippen molar-refractivity contribution in [3.05, 3.63) is 54.4 Å². The zero-order valence-corrected chi connectivity index (χ0v) is 13.0. The minimum atomic E-state index is -0.0938. The summed E-state index contributed by atoms with van der Waals surface area (Å²) in [5, 5.41) is 6.21. The fraction of sp³-hybridized carbons (Fsp3) is 0.333. The molecule has 0 aliphatic carbocycles. The van der Waals surface area contributed by atoms with E-state index in [0.29, 0.717) is 6.61 Å². The summed E-state index contributed by atoms with van der Waals surface area (Å²) in [7, 11) is 0. The van der Waals surface area contributed by atoms with Crippen molar-refractivity contribution in [2.24, 2.45) is 0 Å². The highest BCUT2D eigenvalue weighted by Crippen LogP contribution is 2.19. The Bertz CT molecular complexity index is 640. The van der Waals surface area contributed by atoms with Crippen LogP contribution in [0.15, 0.2) is 48.8 Å². The predicted octanol–water partition coefficient (Wildman–Crippen LogP) is 2.74. The molecule has 2 heterocycles. The summed E-state index contributed by atoms with van der Waals surface area (Å²) in [5.74, 6) is 0.748. The summed E-state index contributed by atoms with van der Waals surface area (Å²) in [6.45, 7) is 1.36. The maximum Gasteiger partial charge on any atom is 0.241 e. The Kier molecular flexibility index (Phi) is 5.21. The zero-order valence-electron chi connectivity index (χ0n) is 13.0. The molecular formula is C18H21N3O2. The van der Waals surface area contributed by atoms with Crippen molar-refractivity contribution in [2.45, 2.75) is 31.9 Å². The molecule has 0 saturated carbocycles. The molecule has 1 aliphatic heterocycles. The monoisotopic (exact) mass is 311 g/mol. The molecule has 0 bridgehead atoms. The van der Waals surface area contributed by atoms with Gasteiger partial charge in [-0.3, -0.25) is 9.78 Å². The summed E-state index contributed by atoms with van der Waals surface area (Å²) in [4.78, 5) is 16.3. The number of rotatable bonds is 5. The second-order valence-electron chi connectivity index (χ2n) is 5.67. The molecule has 2 N–H and O–H groups in total. The van der Waals surface area contributed by atoms with E-state index in [0.717, 1.165) is 42.8 Å². The molecule has 120 valence electrons. The van der Waals surface area contributed by atoms with Gasteiger partial charge in [0.1, 0.15) is 12.4 Å². The Labute approximate surface area is 136 Å². The van der Waals surface area contributed by atoms with E-state index in [9.17, 15) is 4.79 Å². The lowest BCUT2D eigenvalue weighted by molar-refractivity contribution is -0.118. The van der Waals surface area contributed by atoms with Gasteiger partial charge in [-0.05, 0) is 37.6 Å². The van der Waals surface area contributed by atoms with Gasteiger partial charge in [0.25, 0.3) is 0 Å². The number of nitrogens with one attached hydrogen (secondary N) is 2. The van der Waals surface area contributed by atoms with E-state index >= 15 is 0 Å². The highest BCUT2D eigenvalue weighted by Gasteiger charge is 2.20. The van der Waals surface area contributed by atoms with Crippen LogP contribution in [-0.2, 0) is 11.4 Å². The summed E-state index contributed by atoms with van der Waals surface area (Å²) >= 11 is 0. The maximum atomic E-state index is 12.2. The Hall–Kier alpha value is -2.40. The van der Waals surface area contributed by atoms with Crippen molar-refractivity contribution < 1.29 is 9.53 Å². The van der Waals surface area contributed by atoms with Crippen molar-refractivity contribution in [2.75, 3.05) is 11.9 Å². The van der Waals surface area contributed by atoms with E-state index < -0.39 is 0 Å². The SMILES string of the molecule is O=C(Nc1cccc(OCc2cccnc2)c1)[C@H]1CCCCN1. The second-order valence-corrected chi connectivity index (χ2v) is 5.67. The number of nitrogens with zero attached hydrogens (tertiary/aromatic N) is 1. The van der Waals surface area contributed by atoms with Crippen LogP contribution in [0, 0.1) is 0 Å². The first-order valence-electron chi connectivity index (χ1n) is 7.97. The van der Waals surface area contributed by atoms with Crippen LogP contribution in [-0.4, -0.2) is 23.5 Å². The van der Waals surface area contributed by atoms with E-state index in [1.165, 1.54) is 0 Å². The van der Waals surface area contributed by atoms with Gasteiger partial charge in [-0.2, -0.15) is 0 Å². The summed E-state index contributed by atoms with van der Waals surface area (Å²) < 4.78 is 5.75. The number of hydrogen-bond acceptors (Lipinski definition) is 4. The first-order valence-corrected chi connectivity index (χ1v) is 7.97. The van der Waals surface area contributed by atoms with Crippen LogP contribution >= 0.6 is 0 Å². The molecule has 23 heavy (non-hydrogen) atoms. The number of amides is 1. The Morgan fingerprint density at radius 1 is 1.30 bits per heavy atom. The van der Waals surface area contributed by atoms with E-state index in [1.54, 1.807) is 12.4 Å². The average Bonchev–Trinajstić information content (AvgIpc) is 2.62. The molecule has 0 unspecified atom stereocenters. The van der Waals surface area contributed by atoms with E-state index in [2.05, 4.69) is 15.6 Å². The van der Waals surface area contributed by atoms with Gasteiger partial charge < -0.3 is 15.4 Å². The molecule has 3 rings (SSSR count). The number of benzene rings is 1. The zero-order chi connectivity index (χ0) is 15.9. The lowest BCUT2D eigenvalue weighted by Crippen LogP contribution is -2.43. The number of pyridine rings is 1. The molecule has 5 nitrogen and oxygen atoms in total. The number of carbonyl (C=O) groups is 1. The van der Waals surface area contributed by atoms with Crippen molar-refractivity contribution >= 4 is 11.6 Å². The van der Waals surface area contributed by atoms with Crippen LogP contribution in [0.4, 0.5) is 5.69 Å². The number of hydrogen-bond donors (Lipinski definition) is 2. The molecule has 0 spiro atoms. The highest BCUT2D eigenvalue weighted by molar-refractivity contribution is 5.95. The van der Waals surface area contributed by atoms with Gasteiger partial charge in [0, 0.05) is 29.7 Å². The lowest BCUT2D eigenvalue weighted by Gasteiger charge is -2.22. The molecule has 1 amide bonds. The van der Waals surface area contributed by atoms with Crippen LogP contribution in [0.5, 0.6) is 5.75 Å². The fourth-order valence-corrected chi connectivity index (χ4v) is 2.62. The molecule has 1 saturated heterocycles. The number of anilines is 1. The average molecular weight is 311 g/mol. The molecule has 0 radical (unpaired) electrons. The van der Waals surface area contributed by atoms with E-state index in [-0.39, 0.29) is 11.9 Å². The third-order valence-corrected chi connectivity index (χ3v) is 3.86. The first-order chi connectivity index (χ1) is 11.3. The third kappa shape index (κ3) is 4.53. The molecule has 1 fully saturated rings. The van der Waals surface area contributed by atoms with Gasteiger partial charge in [0.05, 0.1) is 6.04 Å². The van der Waals surface area contributed by atoms with E-state index in [1.807, 2.05) is 36.4 Å². The largest absolute Gasteiger partial charge is 0.489 e. The number of aromatic nitrogens is 1. The van der Waals surface area contributed by atoms with Crippen molar-refractivity contribution in [3.8, 4) is 5.75 Å². The summed E-state index contributed by atoms with van der Waals surface area (Å²) in [6.07, 6.45) is 6.64. The Morgan fingerprint density at radius 3 is 3.04 bits per heavy atom. The van der Waals surface area contributed by atoms with Crippen LogP contribution in [0.25, 0.3) is 0 Å². The third-order valence-electron chi connectivity index (χ3n) is 3.86. The number of carbonyl (C=O) groups excluding carboxylic acids is 1. The van der Waals surface area contributed by atoms with Crippen molar-refractivity contribution in [1.29, 1.82) is 0 Å². The highest BCUT2D eigenvalue weighted by atomic mass is 16.5.